The average Bonchev–Trinajstić information content (AvgIpc) is 2.46. The third-order valence-corrected chi connectivity index (χ3v) is 1.82. The summed E-state index contributed by atoms with van der Waals surface area (Å²) < 4.78 is 0. The molecule has 3 N–H and O–H groups in total. The van der Waals surface area contributed by atoms with Crippen LogP contribution in [0.1, 0.15) is 16.2 Å². The summed E-state index contributed by atoms with van der Waals surface area (Å²) in [7, 11) is 0. The van der Waals surface area contributed by atoms with Gasteiger partial charge in [-0.05, 0) is 13.0 Å². The van der Waals surface area contributed by atoms with Crippen LogP contribution < -0.4 is 5.73 Å². The summed E-state index contributed by atoms with van der Waals surface area (Å²) >= 11 is 0. The van der Waals surface area contributed by atoms with Crippen molar-refractivity contribution in [3.63, 3.8) is 0 Å². The molecule has 0 saturated heterocycles. The van der Waals surface area contributed by atoms with Crippen LogP contribution in [0.4, 0.5) is 0 Å². The van der Waals surface area contributed by atoms with Gasteiger partial charge in [0.2, 0.25) is 0 Å². The lowest BCUT2D eigenvalue weighted by Gasteiger charge is -1.92. The van der Waals surface area contributed by atoms with E-state index in [1.165, 1.54) is 0 Å². The Morgan fingerprint density at radius 1 is 1.62 bits per heavy atom. The number of hydrogen-bond donors (Lipinski definition) is 2. The highest BCUT2D eigenvalue weighted by molar-refractivity contribution is 6.03. The molecule has 1 amide bonds. The molecule has 0 unspecified atom stereocenters. The van der Waals surface area contributed by atoms with Gasteiger partial charge >= 0.3 is 0 Å². The van der Waals surface area contributed by atoms with Crippen molar-refractivity contribution in [3.05, 3.63) is 23.7 Å². The molecule has 0 bridgehead atoms. The summed E-state index contributed by atoms with van der Waals surface area (Å²) in [5, 5.41) is 7.20. The molecule has 5 heteroatoms. The van der Waals surface area contributed by atoms with Crippen molar-refractivity contribution in [3.8, 4) is 0 Å². The second kappa shape index (κ2) is 2.55. The highest BCUT2D eigenvalue weighted by atomic mass is 16.1. The van der Waals surface area contributed by atoms with Gasteiger partial charge < -0.3 is 5.73 Å². The third kappa shape index (κ3) is 1.14. The van der Waals surface area contributed by atoms with Crippen molar-refractivity contribution in [2.75, 3.05) is 0 Å². The van der Waals surface area contributed by atoms with E-state index in [9.17, 15) is 4.79 Å². The predicted octanol–water partition coefficient (Wildman–Crippen LogP) is 0.365. The first kappa shape index (κ1) is 7.72. The van der Waals surface area contributed by atoms with Gasteiger partial charge in [-0.3, -0.25) is 14.9 Å². The normalized spacial score (nSPS) is 10.5. The number of carbonyl (C=O) groups excluding carboxylic acids is 1. The number of primary amides is 1. The molecule has 0 atom stereocenters. The number of rotatable bonds is 1. The van der Waals surface area contributed by atoms with Crippen LogP contribution in [0.25, 0.3) is 10.9 Å². The average molecular weight is 176 g/mol. The van der Waals surface area contributed by atoms with E-state index in [1.807, 2.05) is 6.92 Å². The number of hydrogen-bond acceptors (Lipinski definition) is 3. The largest absolute Gasteiger partial charge is 0.364 e. The van der Waals surface area contributed by atoms with E-state index in [-0.39, 0.29) is 5.69 Å². The lowest BCUT2D eigenvalue weighted by molar-refractivity contribution is 0.0997. The Morgan fingerprint density at radius 3 is 3.08 bits per heavy atom. The third-order valence-electron chi connectivity index (χ3n) is 1.82. The fraction of sp³-hybridized carbons (Fsp3) is 0.125. The van der Waals surface area contributed by atoms with Gasteiger partial charge in [0.05, 0.1) is 11.7 Å². The van der Waals surface area contributed by atoms with Gasteiger partial charge in [-0.1, -0.05) is 0 Å². The maximum atomic E-state index is 10.9. The lowest BCUT2D eigenvalue weighted by Crippen LogP contribution is -2.11. The second-order valence-corrected chi connectivity index (χ2v) is 2.81. The molecule has 2 rings (SSSR count). The van der Waals surface area contributed by atoms with E-state index < -0.39 is 5.91 Å². The molecule has 0 saturated carbocycles. The molecule has 2 heterocycles. The number of nitrogens with one attached hydrogen (secondary N) is 1. The van der Waals surface area contributed by atoms with Crippen molar-refractivity contribution in [1.29, 1.82) is 0 Å². The van der Waals surface area contributed by atoms with E-state index in [4.69, 9.17) is 5.73 Å². The molecule has 5 nitrogen and oxygen atoms in total. The number of H-pyrrole nitrogens is 1. The Balaban J connectivity index is 2.79. The minimum absolute atomic E-state index is 0.264. The smallest absolute Gasteiger partial charge is 0.269 e. The van der Waals surface area contributed by atoms with Crippen molar-refractivity contribution in [2.24, 2.45) is 5.73 Å². The van der Waals surface area contributed by atoms with E-state index in [2.05, 4.69) is 15.2 Å². The van der Waals surface area contributed by atoms with Gasteiger partial charge in [0.1, 0.15) is 0 Å². The quantitative estimate of drug-likeness (QED) is 0.658. The zero-order valence-corrected chi connectivity index (χ0v) is 7.03. The lowest BCUT2D eigenvalue weighted by atomic mass is 10.2. The van der Waals surface area contributed by atoms with Crippen LogP contribution in [-0.4, -0.2) is 21.1 Å². The van der Waals surface area contributed by atoms with Crippen LogP contribution in [-0.2, 0) is 0 Å². The summed E-state index contributed by atoms with van der Waals surface area (Å²) in [6, 6.07) is 1.78. The van der Waals surface area contributed by atoms with Gasteiger partial charge in [0.15, 0.2) is 5.69 Å². The van der Waals surface area contributed by atoms with E-state index >= 15 is 0 Å². The first-order valence-corrected chi connectivity index (χ1v) is 3.79. The second-order valence-electron chi connectivity index (χ2n) is 2.81. The van der Waals surface area contributed by atoms with Crippen LogP contribution in [0, 0.1) is 6.92 Å². The first-order chi connectivity index (χ1) is 6.18. The van der Waals surface area contributed by atoms with Crippen LogP contribution in [0.3, 0.4) is 0 Å². The standard InChI is InChI=1S/C8H8N4O/c1-4-2-5-6(3-10-4)11-12-7(5)8(9)13/h2-3H,1H3,(H2,9,13)(H,11,12). The van der Waals surface area contributed by atoms with Crippen molar-refractivity contribution < 1.29 is 4.79 Å². The Kier molecular flexibility index (Phi) is 1.51. The molecule has 13 heavy (non-hydrogen) atoms. The van der Waals surface area contributed by atoms with Gasteiger partial charge in [0, 0.05) is 11.1 Å². The summed E-state index contributed by atoms with van der Waals surface area (Å²) in [5.41, 5.74) is 6.95. The van der Waals surface area contributed by atoms with E-state index in [0.29, 0.717) is 0 Å². The number of carbonyl (C=O) groups is 1. The number of aryl methyl sites for hydroxylation is 1. The molecule has 0 fully saturated rings. The topological polar surface area (TPSA) is 84.7 Å². The van der Waals surface area contributed by atoms with Crippen molar-refractivity contribution in [2.45, 2.75) is 6.92 Å². The molecule has 66 valence electrons. The Labute approximate surface area is 74.0 Å². The number of aromatic nitrogens is 3. The van der Waals surface area contributed by atoms with Crippen LogP contribution in [0.2, 0.25) is 0 Å². The minimum Gasteiger partial charge on any atom is -0.364 e. The molecule has 0 aromatic carbocycles. The number of pyridine rings is 1. The van der Waals surface area contributed by atoms with Crippen molar-refractivity contribution >= 4 is 16.8 Å². The molecular formula is C8H8N4O. The molecule has 0 aliphatic heterocycles. The zero-order chi connectivity index (χ0) is 9.42. The Morgan fingerprint density at radius 2 is 2.38 bits per heavy atom. The maximum absolute atomic E-state index is 10.9. The molecule has 0 radical (unpaired) electrons. The Hall–Kier alpha value is -1.91. The predicted molar refractivity (Wildman–Crippen MR) is 47.1 cm³/mol. The van der Waals surface area contributed by atoms with Gasteiger partial charge in [-0.25, -0.2) is 0 Å². The van der Waals surface area contributed by atoms with E-state index in [1.54, 1.807) is 12.3 Å². The fourth-order valence-electron chi connectivity index (χ4n) is 1.21. The SMILES string of the molecule is Cc1cc2c(C(N)=O)n[nH]c2cn1. The zero-order valence-electron chi connectivity index (χ0n) is 7.03. The molecule has 2 aromatic rings. The van der Waals surface area contributed by atoms with Gasteiger partial charge in [-0.2, -0.15) is 5.10 Å². The number of nitrogens with zero attached hydrogens (tertiary/aromatic N) is 2. The monoisotopic (exact) mass is 176 g/mol. The highest BCUT2D eigenvalue weighted by Gasteiger charge is 2.10. The molecule has 2 aromatic heterocycles. The van der Waals surface area contributed by atoms with Gasteiger partial charge in [-0.15, -0.1) is 0 Å². The van der Waals surface area contributed by atoms with Crippen LogP contribution in [0.5, 0.6) is 0 Å². The molecule has 0 spiro atoms. The van der Waals surface area contributed by atoms with Gasteiger partial charge in [0.25, 0.3) is 5.91 Å². The van der Waals surface area contributed by atoms with Crippen molar-refractivity contribution in [1.82, 2.24) is 15.2 Å². The number of aromatic amines is 1. The summed E-state index contributed by atoms with van der Waals surface area (Å²) in [6.07, 6.45) is 1.63. The highest BCUT2D eigenvalue weighted by Crippen LogP contribution is 2.14. The Bertz CT molecular complexity index is 474. The molecular weight excluding hydrogens is 168 g/mol. The fourth-order valence-corrected chi connectivity index (χ4v) is 1.21. The first-order valence-electron chi connectivity index (χ1n) is 3.79. The van der Waals surface area contributed by atoms with Crippen LogP contribution in [0.15, 0.2) is 12.3 Å². The molecule has 0 aliphatic carbocycles. The summed E-state index contributed by atoms with van der Waals surface area (Å²) in [6.45, 7) is 1.84. The summed E-state index contributed by atoms with van der Waals surface area (Å²) in [5.74, 6) is -0.531. The number of amides is 1. The minimum atomic E-state index is -0.531. The maximum Gasteiger partial charge on any atom is 0.269 e. The summed E-state index contributed by atoms with van der Waals surface area (Å²) in [4.78, 5) is 15.0. The molecule has 0 aliphatic rings. The van der Waals surface area contributed by atoms with Crippen LogP contribution >= 0.6 is 0 Å². The number of nitrogens with two attached hydrogens (primary N) is 1. The number of fused-ring (bicyclic) bond motifs is 1. The van der Waals surface area contributed by atoms with E-state index in [0.717, 1.165) is 16.6 Å².